The monoisotopic (exact) mass is 331 g/mol. The van der Waals surface area contributed by atoms with Gasteiger partial charge in [-0.3, -0.25) is 0 Å². The average molecular weight is 333 g/mol. The predicted octanol–water partition coefficient (Wildman–Crippen LogP) is 3.79. The lowest BCUT2D eigenvalue weighted by atomic mass is 9.95. The molecule has 1 aromatic carbocycles. The summed E-state index contributed by atoms with van der Waals surface area (Å²) in [6.07, 6.45) is -0.0740. The summed E-state index contributed by atoms with van der Waals surface area (Å²) in [4.78, 5) is 0. The molecule has 0 saturated heterocycles. The van der Waals surface area contributed by atoms with Crippen LogP contribution in [0.25, 0.3) is 0 Å². The van der Waals surface area contributed by atoms with Gasteiger partial charge in [-0.15, -0.1) is 0 Å². The third kappa shape index (κ3) is 3.04. The van der Waals surface area contributed by atoms with Crippen molar-refractivity contribution in [1.82, 2.24) is 0 Å². The standard InChI is InChI=1S/C11H11Br2NO/c1-2-7(6-14)11(15)8-3-4-9(12)10(13)5-8/h3-5,7,11,15H,2H2,1H3. The highest BCUT2D eigenvalue weighted by atomic mass is 79.9. The van der Waals surface area contributed by atoms with Crippen molar-refractivity contribution in [2.24, 2.45) is 5.92 Å². The Morgan fingerprint density at radius 1 is 1.40 bits per heavy atom. The second-order valence-electron chi connectivity index (χ2n) is 3.26. The highest BCUT2D eigenvalue weighted by Gasteiger charge is 2.19. The average Bonchev–Trinajstić information content (AvgIpc) is 2.23. The Morgan fingerprint density at radius 3 is 2.53 bits per heavy atom. The maximum atomic E-state index is 9.94. The number of aliphatic hydroxyl groups is 1. The number of rotatable bonds is 3. The number of benzene rings is 1. The molecule has 0 aliphatic rings. The van der Waals surface area contributed by atoms with Gasteiger partial charge in [-0.05, 0) is 56.0 Å². The Bertz CT molecular complexity index is 387. The molecule has 0 bridgehead atoms. The molecule has 1 rings (SSSR count). The van der Waals surface area contributed by atoms with Crippen molar-refractivity contribution in [3.63, 3.8) is 0 Å². The van der Waals surface area contributed by atoms with Gasteiger partial charge in [0.2, 0.25) is 0 Å². The van der Waals surface area contributed by atoms with Gasteiger partial charge in [0.1, 0.15) is 0 Å². The summed E-state index contributed by atoms with van der Waals surface area (Å²) in [5.74, 6) is -0.349. The van der Waals surface area contributed by atoms with E-state index in [0.717, 1.165) is 14.5 Å². The molecule has 0 aliphatic heterocycles. The van der Waals surface area contributed by atoms with Crippen LogP contribution < -0.4 is 0 Å². The van der Waals surface area contributed by atoms with Crippen LogP contribution in [0.5, 0.6) is 0 Å². The van der Waals surface area contributed by atoms with E-state index in [1.54, 1.807) is 0 Å². The molecule has 1 aromatic rings. The molecule has 80 valence electrons. The summed E-state index contributed by atoms with van der Waals surface area (Å²) in [7, 11) is 0. The van der Waals surface area contributed by atoms with Gasteiger partial charge in [0, 0.05) is 8.95 Å². The normalized spacial score (nSPS) is 14.3. The molecule has 4 heteroatoms. The fourth-order valence-electron chi connectivity index (χ4n) is 1.31. The van der Waals surface area contributed by atoms with Gasteiger partial charge in [-0.25, -0.2) is 0 Å². The maximum absolute atomic E-state index is 9.94. The van der Waals surface area contributed by atoms with Crippen molar-refractivity contribution in [3.05, 3.63) is 32.7 Å². The summed E-state index contributed by atoms with van der Waals surface area (Å²) < 4.78 is 1.82. The molecule has 0 heterocycles. The van der Waals surface area contributed by atoms with Gasteiger partial charge in [0.25, 0.3) is 0 Å². The molecule has 0 aliphatic carbocycles. The zero-order valence-electron chi connectivity index (χ0n) is 8.24. The van der Waals surface area contributed by atoms with Crippen molar-refractivity contribution in [1.29, 1.82) is 5.26 Å². The fourth-order valence-corrected chi connectivity index (χ4v) is 1.96. The van der Waals surface area contributed by atoms with E-state index in [4.69, 9.17) is 5.26 Å². The minimum atomic E-state index is -0.718. The lowest BCUT2D eigenvalue weighted by Crippen LogP contribution is -2.09. The van der Waals surface area contributed by atoms with E-state index in [0.29, 0.717) is 6.42 Å². The molecule has 0 spiro atoms. The van der Waals surface area contributed by atoms with Crippen molar-refractivity contribution < 1.29 is 5.11 Å². The van der Waals surface area contributed by atoms with Crippen LogP contribution >= 0.6 is 31.9 Å². The zero-order chi connectivity index (χ0) is 11.4. The molecule has 15 heavy (non-hydrogen) atoms. The van der Waals surface area contributed by atoms with Crippen LogP contribution in [0.4, 0.5) is 0 Å². The fraction of sp³-hybridized carbons (Fsp3) is 0.364. The van der Waals surface area contributed by atoms with Crippen molar-refractivity contribution in [2.45, 2.75) is 19.4 Å². The SMILES string of the molecule is CCC(C#N)C(O)c1ccc(Br)c(Br)c1. The van der Waals surface area contributed by atoms with Crippen molar-refractivity contribution in [2.75, 3.05) is 0 Å². The zero-order valence-corrected chi connectivity index (χ0v) is 11.4. The van der Waals surface area contributed by atoms with Gasteiger partial charge in [0.15, 0.2) is 0 Å². The second kappa shape index (κ2) is 5.64. The molecule has 1 N–H and O–H groups in total. The first-order chi connectivity index (χ1) is 7.10. The molecule has 2 atom stereocenters. The summed E-state index contributed by atoms with van der Waals surface area (Å²) in [6.45, 7) is 1.89. The topological polar surface area (TPSA) is 44.0 Å². The first-order valence-corrected chi connectivity index (χ1v) is 6.21. The summed E-state index contributed by atoms with van der Waals surface area (Å²) in [5, 5.41) is 18.8. The van der Waals surface area contributed by atoms with Crippen LogP contribution in [-0.2, 0) is 0 Å². The van der Waals surface area contributed by atoms with Gasteiger partial charge < -0.3 is 5.11 Å². The van der Waals surface area contributed by atoms with Gasteiger partial charge in [0.05, 0.1) is 18.1 Å². The Labute approximate surface area is 106 Å². The first-order valence-electron chi connectivity index (χ1n) is 4.62. The number of nitriles is 1. The van der Waals surface area contributed by atoms with E-state index in [2.05, 4.69) is 37.9 Å². The summed E-state index contributed by atoms with van der Waals surface area (Å²) in [6, 6.07) is 7.61. The van der Waals surface area contributed by atoms with Crippen LogP contribution in [0.3, 0.4) is 0 Å². The van der Waals surface area contributed by atoms with E-state index < -0.39 is 6.10 Å². The minimum Gasteiger partial charge on any atom is -0.387 e. The molecule has 0 radical (unpaired) electrons. The Hall–Kier alpha value is -0.370. The van der Waals surface area contributed by atoms with Crippen LogP contribution in [0.1, 0.15) is 25.0 Å². The van der Waals surface area contributed by atoms with Gasteiger partial charge in [-0.1, -0.05) is 13.0 Å². The summed E-state index contributed by atoms with van der Waals surface area (Å²) >= 11 is 6.72. The molecular weight excluding hydrogens is 322 g/mol. The highest BCUT2D eigenvalue weighted by Crippen LogP contribution is 2.30. The highest BCUT2D eigenvalue weighted by molar-refractivity contribution is 9.13. The van der Waals surface area contributed by atoms with Crippen LogP contribution in [0.2, 0.25) is 0 Å². The number of hydrogen-bond acceptors (Lipinski definition) is 2. The lowest BCUT2D eigenvalue weighted by molar-refractivity contribution is 0.132. The first kappa shape index (κ1) is 12.7. The van der Waals surface area contributed by atoms with E-state index in [9.17, 15) is 5.11 Å². The molecule has 0 amide bonds. The maximum Gasteiger partial charge on any atom is 0.0948 e. The van der Waals surface area contributed by atoms with Gasteiger partial charge in [-0.2, -0.15) is 5.26 Å². The minimum absolute atomic E-state index is 0.349. The molecule has 2 nitrogen and oxygen atoms in total. The van der Waals surface area contributed by atoms with E-state index in [1.165, 1.54) is 0 Å². The Kier molecular flexibility index (Phi) is 4.78. The van der Waals surface area contributed by atoms with E-state index in [-0.39, 0.29) is 5.92 Å². The van der Waals surface area contributed by atoms with Gasteiger partial charge >= 0.3 is 0 Å². The van der Waals surface area contributed by atoms with E-state index in [1.807, 2.05) is 25.1 Å². The number of nitrogens with zero attached hydrogens (tertiary/aromatic N) is 1. The smallest absolute Gasteiger partial charge is 0.0948 e. The third-order valence-electron chi connectivity index (χ3n) is 2.27. The molecule has 0 fully saturated rings. The molecule has 2 unspecified atom stereocenters. The number of hydrogen-bond donors (Lipinski definition) is 1. The Balaban J connectivity index is 2.97. The lowest BCUT2D eigenvalue weighted by Gasteiger charge is -2.15. The van der Waals surface area contributed by atoms with Crippen LogP contribution in [0.15, 0.2) is 27.1 Å². The molecule has 0 saturated carbocycles. The summed E-state index contributed by atoms with van der Waals surface area (Å²) in [5.41, 5.74) is 0.762. The van der Waals surface area contributed by atoms with Crippen molar-refractivity contribution >= 4 is 31.9 Å². The van der Waals surface area contributed by atoms with Crippen LogP contribution in [-0.4, -0.2) is 5.11 Å². The predicted molar refractivity (Wildman–Crippen MR) is 66.2 cm³/mol. The second-order valence-corrected chi connectivity index (χ2v) is 4.97. The van der Waals surface area contributed by atoms with Crippen LogP contribution in [0, 0.1) is 17.2 Å². The molecular formula is C11H11Br2NO. The molecule has 0 aromatic heterocycles. The van der Waals surface area contributed by atoms with Crippen molar-refractivity contribution in [3.8, 4) is 6.07 Å². The number of halogens is 2. The van der Waals surface area contributed by atoms with E-state index >= 15 is 0 Å². The quantitative estimate of drug-likeness (QED) is 0.915. The Morgan fingerprint density at radius 2 is 2.07 bits per heavy atom. The largest absolute Gasteiger partial charge is 0.387 e. The third-order valence-corrected chi connectivity index (χ3v) is 4.15. The number of aliphatic hydroxyl groups excluding tert-OH is 1.